The molecule has 1 saturated heterocycles. The minimum Gasteiger partial charge on any atom is -0.479 e. The zero-order chi connectivity index (χ0) is 20.9. The third-order valence-electron chi connectivity index (χ3n) is 4.66. The van der Waals surface area contributed by atoms with Gasteiger partial charge in [-0.3, -0.25) is 0 Å². The van der Waals surface area contributed by atoms with Gasteiger partial charge in [-0.25, -0.2) is 18.2 Å². The Morgan fingerprint density at radius 3 is 2.66 bits per heavy atom. The highest BCUT2D eigenvalue weighted by molar-refractivity contribution is 7.81. The number of amides is 2. The molecule has 0 spiro atoms. The third kappa shape index (κ3) is 3.27. The van der Waals surface area contributed by atoms with Crippen molar-refractivity contribution < 1.29 is 36.0 Å². The van der Waals surface area contributed by atoms with Gasteiger partial charge in [0.2, 0.25) is 0 Å². The van der Waals surface area contributed by atoms with Crippen molar-refractivity contribution >= 4 is 33.7 Å². The molecule has 0 radical (unpaired) electrons. The number of urea groups is 1. The SMILES string of the molecule is CCOS(=O)(=O)ON1C(=O)N2CC1c1scc(-c3ccc(F)cc3)c1C2C(=O)O. The first-order chi connectivity index (χ1) is 13.7. The largest absolute Gasteiger partial charge is 0.479 e. The summed E-state index contributed by atoms with van der Waals surface area (Å²) in [7, 11) is -4.48. The molecule has 1 fully saturated rings. The maximum absolute atomic E-state index is 13.3. The molecule has 0 aliphatic carbocycles. The summed E-state index contributed by atoms with van der Waals surface area (Å²) in [5, 5.41) is 12.1. The summed E-state index contributed by atoms with van der Waals surface area (Å²) < 4.78 is 46.5. The van der Waals surface area contributed by atoms with Crippen molar-refractivity contribution in [2.45, 2.75) is 19.0 Å². The van der Waals surface area contributed by atoms with Gasteiger partial charge in [-0.1, -0.05) is 12.1 Å². The molecule has 2 bridgehead atoms. The number of hydroxylamine groups is 2. The predicted molar refractivity (Wildman–Crippen MR) is 98.4 cm³/mol. The summed E-state index contributed by atoms with van der Waals surface area (Å²) in [6.07, 6.45) is 0. The van der Waals surface area contributed by atoms with Crippen LogP contribution in [0.3, 0.4) is 0 Å². The van der Waals surface area contributed by atoms with Crippen LogP contribution in [0.4, 0.5) is 9.18 Å². The Morgan fingerprint density at radius 2 is 2.03 bits per heavy atom. The van der Waals surface area contributed by atoms with E-state index in [1.54, 1.807) is 5.38 Å². The van der Waals surface area contributed by atoms with Crippen LogP contribution in [0.15, 0.2) is 29.6 Å². The number of carboxylic acids is 1. The van der Waals surface area contributed by atoms with Crippen molar-refractivity contribution in [3.05, 3.63) is 45.9 Å². The number of carbonyl (C=O) groups excluding carboxylic acids is 1. The fourth-order valence-electron chi connectivity index (χ4n) is 3.54. The van der Waals surface area contributed by atoms with Crippen LogP contribution in [0.2, 0.25) is 0 Å². The molecule has 2 atom stereocenters. The van der Waals surface area contributed by atoms with Crippen LogP contribution in [0.5, 0.6) is 0 Å². The number of nitrogens with zero attached hydrogens (tertiary/aromatic N) is 2. The number of carboxylic acid groups (broad SMARTS) is 1. The van der Waals surface area contributed by atoms with E-state index in [-0.39, 0.29) is 13.2 Å². The number of fused-ring (bicyclic) bond motifs is 4. The first-order valence-corrected chi connectivity index (χ1v) is 10.7. The highest BCUT2D eigenvalue weighted by Gasteiger charge is 2.54. The van der Waals surface area contributed by atoms with E-state index in [0.29, 0.717) is 26.6 Å². The van der Waals surface area contributed by atoms with Crippen LogP contribution in [0, 0.1) is 5.82 Å². The number of thiophene rings is 1. The minimum absolute atomic E-state index is 0.0478. The topological polar surface area (TPSA) is 113 Å². The van der Waals surface area contributed by atoms with Crippen LogP contribution in [0.25, 0.3) is 11.1 Å². The van der Waals surface area contributed by atoms with E-state index in [1.807, 2.05) is 0 Å². The lowest BCUT2D eigenvalue weighted by atomic mass is 9.92. The quantitative estimate of drug-likeness (QED) is 0.732. The van der Waals surface area contributed by atoms with Crippen molar-refractivity contribution in [3.8, 4) is 11.1 Å². The van der Waals surface area contributed by atoms with Gasteiger partial charge in [0.15, 0.2) is 6.04 Å². The van der Waals surface area contributed by atoms with Crippen LogP contribution >= 0.6 is 11.3 Å². The first kappa shape index (κ1) is 19.8. The lowest BCUT2D eigenvalue weighted by molar-refractivity contribution is -0.142. The summed E-state index contributed by atoms with van der Waals surface area (Å²) in [5.41, 5.74) is 1.48. The number of hydrogen-bond acceptors (Lipinski definition) is 7. The second kappa shape index (κ2) is 7.06. The molecule has 2 unspecified atom stereocenters. The fourth-order valence-corrected chi connectivity index (χ4v) is 5.42. The van der Waals surface area contributed by atoms with Gasteiger partial charge in [-0.2, -0.15) is 13.5 Å². The van der Waals surface area contributed by atoms with Crippen LogP contribution in [0.1, 0.15) is 29.4 Å². The van der Waals surface area contributed by atoms with E-state index < -0.39 is 40.3 Å². The van der Waals surface area contributed by atoms with Gasteiger partial charge in [0, 0.05) is 10.4 Å². The Bertz CT molecular complexity index is 1080. The van der Waals surface area contributed by atoms with Crippen molar-refractivity contribution in [2.75, 3.05) is 13.2 Å². The maximum Gasteiger partial charge on any atom is 0.421 e. The minimum atomic E-state index is -4.48. The van der Waals surface area contributed by atoms with E-state index in [2.05, 4.69) is 4.18 Å². The zero-order valence-electron chi connectivity index (χ0n) is 14.9. The lowest BCUT2D eigenvalue weighted by Gasteiger charge is -2.28. The second-order valence-electron chi connectivity index (χ2n) is 6.34. The Balaban J connectivity index is 1.81. The van der Waals surface area contributed by atoms with E-state index in [1.165, 1.54) is 42.5 Å². The number of hydrogen-bond donors (Lipinski definition) is 1. The first-order valence-electron chi connectivity index (χ1n) is 8.52. The summed E-state index contributed by atoms with van der Waals surface area (Å²) >= 11 is 1.18. The molecule has 2 aliphatic rings. The number of halogens is 1. The number of benzene rings is 1. The van der Waals surface area contributed by atoms with Crippen LogP contribution < -0.4 is 0 Å². The Labute approximate surface area is 169 Å². The van der Waals surface area contributed by atoms with Gasteiger partial charge >= 0.3 is 22.4 Å². The second-order valence-corrected chi connectivity index (χ2v) is 8.45. The predicted octanol–water partition coefficient (Wildman–Crippen LogP) is 2.69. The molecule has 1 aromatic heterocycles. The highest BCUT2D eigenvalue weighted by Crippen LogP contribution is 2.50. The fraction of sp³-hybridized carbons (Fsp3) is 0.294. The standard InChI is InChI=1S/C17H15FN2O7S2/c1-2-26-29(24,25)27-20-12-7-19(17(20)23)14(16(21)22)13-11(8-28-15(12)13)9-3-5-10(18)6-4-9/h3-6,8,12,14H,2,7H2,1H3,(H,21,22). The summed E-state index contributed by atoms with van der Waals surface area (Å²) in [4.78, 5) is 26.3. The molecular weight excluding hydrogens is 427 g/mol. The number of rotatable bonds is 6. The normalized spacial score (nSPS) is 20.8. The molecule has 3 heterocycles. The van der Waals surface area contributed by atoms with E-state index in [0.717, 1.165) is 4.90 Å². The zero-order valence-corrected chi connectivity index (χ0v) is 16.6. The average Bonchev–Trinajstić information content (AvgIpc) is 3.19. The third-order valence-corrected chi connectivity index (χ3v) is 6.62. The number of aliphatic carboxylic acids is 1. The molecule has 0 saturated carbocycles. The Kier molecular flexibility index (Phi) is 4.81. The summed E-state index contributed by atoms with van der Waals surface area (Å²) in [6.45, 7) is 1.21. The molecule has 1 aromatic carbocycles. The highest BCUT2D eigenvalue weighted by atomic mass is 32.3. The van der Waals surface area contributed by atoms with Gasteiger partial charge < -0.3 is 10.0 Å². The van der Waals surface area contributed by atoms with E-state index in [4.69, 9.17) is 4.28 Å². The molecule has 1 N–H and O–H groups in total. The van der Waals surface area contributed by atoms with Crippen molar-refractivity contribution in [1.82, 2.24) is 9.96 Å². The van der Waals surface area contributed by atoms with Crippen LogP contribution in [-0.2, 0) is 23.7 Å². The lowest BCUT2D eigenvalue weighted by Crippen LogP contribution is -2.38. The van der Waals surface area contributed by atoms with Crippen molar-refractivity contribution in [2.24, 2.45) is 0 Å². The summed E-state index contributed by atoms with van der Waals surface area (Å²) in [5.74, 6) is -1.71. The van der Waals surface area contributed by atoms with Gasteiger partial charge in [0.05, 0.1) is 13.2 Å². The van der Waals surface area contributed by atoms with Gasteiger partial charge in [0.1, 0.15) is 11.9 Å². The average molecular weight is 442 g/mol. The monoisotopic (exact) mass is 442 g/mol. The maximum atomic E-state index is 13.3. The molecule has 2 amide bonds. The molecule has 4 rings (SSSR count). The van der Waals surface area contributed by atoms with E-state index in [9.17, 15) is 27.5 Å². The van der Waals surface area contributed by atoms with Gasteiger partial charge in [-0.15, -0.1) is 15.6 Å². The molecular formula is C17H15FN2O7S2. The van der Waals surface area contributed by atoms with Crippen molar-refractivity contribution in [1.29, 1.82) is 0 Å². The number of carbonyl (C=O) groups is 2. The molecule has 12 heteroatoms. The van der Waals surface area contributed by atoms with Gasteiger partial charge in [-0.05, 0) is 35.6 Å². The molecule has 9 nitrogen and oxygen atoms in total. The Morgan fingerprint density at radius 1 is 1.34 bits per heavy atom. The summed E-state index contributed by atoms with van der Waals surface area (Å²) in [6, 6.07) is 2.49. The van der Waals surface area contributed by atoms with E-state index >= 15 is 0 Å². The Hall–Kier alpha value is -2.54. The molecule has 2 aromatic rings. The van der Waals surface area contributed by atoms with Gasteiger partial charge in [0.25, 0.3) is 0 Å². The smallest absolute Gasteiger partial charge is 0.421 e. The molecule has 29 heavy (non-hydrogen) atoms. The molecule has 2 aliphatic heterocycles. The van der Waals surface area contributed by atoms with Crippen LogP contribution in [-0.4, -0.2) is 48.6 Å². The molecule has 154 valence electrons. The van der Waals surface area contributed by atoms with Crippen molar-refractivity contribution in [3.63, 3.8) is 0 Å².